The average Bonchev–Trinajstić information content (AvgIpc) is 2.41. The van der Waals surface area contributed by atoms with Crippen molar-refractivity contribution in [3.8, 4) is 11.5 Å². The van der Waals surface area contributed by atoms with Crippen LogP contribution in [-0.4, -0.2) is 45.1 Å². The molecule has 0 heterocycles. The highest BCUT2D eigenvalue weighted by Crippen LogP contribution is 2.35. The number of aliphatic hydroxyl groups excluding tert-OH is 1. The Hall–Kier alpha value is -0.820. The molecule has 0 amide bonds. The Bertz CT molecular complexity index is 414. The van der Waals surface area contributed by atoms with Crippen LogP contribution in [0, 0.1) is 0 Å². The maximum absolute atomic E-state index is 9.15. The summed E-state index contributed by atoms with van der Waals surface area (Å²) >= 11 is 3.50. The van der Waals surface area contributed by atoms with Crippen molar-refractivity contribution in [1.29, 1.82) is 0 Å². The molecule has 0 unspecified atom stereocenters. The molecule has 0 aliphatic rings. The van der Waals surface area contributed by atoms with Crippen LogP contribution in [0.3, 0.4) is 0 Å². The Morgan fingerprint density at radius 1 is 1.20 bits per heavy atom. The van der Waals surface area contributed by atoms with Crippen LogP contribution in [0.15, 0.2) is 16.6 Å². The van der Waals surface area contributed by atoms with E-state index in [2.05, 4.69) is 32.6 Å². The summed E-state index contributed by atoms with van der Waals surface area (Å²) in [7, 11) is 3.27. The lowest BCUT2D eigenvalue weighted by Gasteiger charge is -2.11. The first-order valence-corrected chi connectivity index (χ1v) is 7.59. The number of ether oxygens (including phenoxy) is 2. The van der Waals surface area contributed by atoms with Crippen molar-refractivity contribution in [3.63, 3.8) is 0 Å². The second-order valence-electron chi connectivity index (χ2n) is 4.76. The molecule has 0 saturated heterocycles. The van der Waals surface area contributed by atoms with Crippen LogP contribution >= 0.6 is 15.9 Å². The molecule has 1 rings (SSSR count). The second kappa shape index (κ2) is 9.18. The Morgan fingerprint density at radius 2 is 1.90 bits per heavy atom. The van der Waals surface area contributed by atoms with Crippen LogP contribution in [-0.2, 0) is 6.54 Å². The van der Waals surface area contributed by atoms with Gasteiger partial charge in [0.05, 0.1) is 24.8 Å². The van der Waals surface area contributed by atoms with Crippen LogP contribution in [0.2, 0.25) is 0 Å². The monoisotopic (exact) mass is 348 g/mol. The third-order valence-electron chi connectivity index (χ3n) is 2.96. The van der Waals surface area contributed by atoms with Crippen LogP contribution < -0.4 is 20.1 Å². The van der Waals surface area contributed by atoms with Crippen LogP contribution in [0.4, 0.5) is 0 Å². The molecule has 1 aromatic rings. The molecule has 5 nitrogen and oxygen atoms in total. The minimum absolute atomic E-state index is 0.239. The highest BCUT2D eigenvalue weighted by molar-refractivity contribution is 9.10. The molecule has 0 saturated carbocycles. The first-order chi connectivity index (χ1) is 9.58. The van der Waals surface area contributed by atoms with Crippen molar-refractivity contribution in [2.24, 2.45) is 0 Å². The molecule has 1 atom stereocenters. The molecule has 0 aromatic heterocycles. The standard InChI is InChI=1S/C14H23BrN2O3/c1-10(18)8-16-4-5-17-9-11-6-12(15)14(20-3)13(7-11)19-2/h6-7,10,16-18H,4-5,8-9H2,1-3H3/p+2/t10-/m0/s1. The molecule has 0 radical (unpaired) electrons. The Balaban J connectivity index is 2.42. The predicted octanol–water partition coefficient (Wildman–Crippen LogP) is -0.526. The van der Waals surface area contributed by atoms with Crippen molar-refractivity contribution < 1.29 is 25.2 Å². The lowest BCUT2D eigenvalue weighted by molar-refractivity contribution is -0.733. The minimum atomic E-state index is -0.239. The van der Waals surface area contributed by atoms with Gasteiger partial charge >= 0.3 is 0 Å². The van der Waals surface area contributed by atoms with Crippen molar-refractivity contribution in [1.82, 2.24) is 0 Å². The van der Waals surface area contributed by atoms with Crippen molar-refractivity contribution >= 4 is 15.9 Å². The number of halogens is 1. The van der Waals surface area contributed by atoms with E-state index in [-0.39, 0.29) is 6.10 Å². The van der Waals surface area contributed by atoms with Crippen molar-refractivity contribution in [2.45, 2.75) is 19.6 Å². The van der Waals surface area contributed by atoms with E-state index in [0.717, 1.165) is 42.2 Å². The molecule has 0 fully saturated rings. The van der Waals surface area contributed by atoms with E-state index in [4.69, 9.17) is 14.6 Å². The van der Waals surface area contributed by atoms with E-state index in [1.54, 1.807) is 21.1 Å². The van der Waals surface area contributed by atoms with E-state index in [1.165, 1.54) is 5.56 Å². The second-order valence-corrected chi connectivity index (χ2v) is 5.61. The van der Waals surface area contributed by atoms with E-state index < -0.39 is 0 Å². The zero-order valence-electron chi connectivity index (χ0n) is 12.4. The summed E-state index contributed by atoms with van der Waals surface area (Å²) in [5.41, 5.74) is 1.19. The van der Waals surface area contributed by atoms with Gasteiger partial charge in [-0.05, 0) is 35.0 Å². The highest BCUT2D eigenvalue weighted by Gasteiger charge is 2.11. The SMILES string of the molecule is COc1cc(C[NH2+]CC[NH2+]C[C@H](C)O)cc(Br)c1OC. The maximum Gasteiger partial charge on any atom is 0.174 e. The first-order valence-electron chi connectivity index (χ1n) is 6.80. The fourth-order valence-corrected chi connectivity index (χ4v) is 2.60. The quantitative estimate of drug-likeness (QED) is 0.525. The van der Waals surface area contributed by atoms with Gasteiger partial charge in [-0.2, -0.15) is 0 Å². The van der Waals surface area contributed by atoms with Gasteiger partial charge in [0.25, 0.3) is 0 Å². The van der Waals surface area contributed by atoms with E-state index >= 15 is 0 Å². The Morgan fingerprint density at radius 3 is 2.50 bits per heavy atom. The molecule has 1 aromatic carbocycles. The number of nitrogens with two attached hydrogens (primary N) is 2. The van der Waals surface area contributed by atoms with Gasteiger partial charge in [-0.15, -0.1) is 0 Å². The molecule has 0 spiro atoms. The van der Waals surface area contributed by atoms with Gasteiger partial charge in [-0.1, -0.05) is 0 Å². The number of aliphatic hydroxyl groups is 1. The molecule has 5 N–H and O–H groups in total. The highest BCUT2D eigenvalue weighted by atomic mass is 79.9. The van der Waals surface area contributed by atoms with Crippen LogP contribution in [0.25, 0.3) is 0 Å². The lowest BCUT2D eigenvalue weighted by Crippen LogP contribution is -2.95. The molecule has 0 bridgehead atoms. The topological polar surface area (TPSA) is 71.9 Å². The predicted molar refractivity (Wildman–Crippen MR) is 81.1 cm³/mol. The average molecular weight is 349 g/mol. The number of hydrogen-bond donors (Lipinski definition) is 3. The maximum atomic E-state index is 9.15. The van der Waals surface area contributed by atoms with Crippen molar-refractivity contribution in [3.05, 3.63) is 22.2 Å². The number of methoxy groups -OCH3 is 2. The first kappa shape index (κ1) is 17.2. The summed E-state index contributed by atoms with van der Waals surface area (Å²) in [6.07, 6.45) is -0.239. The van der Waals surface area contributed by atoms with Gasteiger partial charge in [0.2, 0.25) is 0 Å². The molecular weight excluding hydrogens is 324 g/mol. The van der Waals surface area contributed by atoms with E-state index in [1.807, 2.05) is 6.07 Å². The summed E-state index contributed by atoms with van der Waals surface area (Å²) in [6, 6.07) is 4.05. The van der Waals surface area contributed by atoms with Gasteiger partial charge in [0.15, 0.2) is 11.5 Å². The van der Waals surface area contributed by atoms with Gasteiger partial charge < -0.3 is 25.2 Å². The largest absolute Gasteiger partial charge is 0.493 e. The smallest absolute Gasteiger partial charge is 0.174 e. The molecule has 0 aliphatic heterocycles. The normalized spacial score (nSPS) is 12.2. The summed E-state index contributed by atoms with van der Waals surface area (Å²) in [5.74, 6) is 1.47. The summed E-state index contributed by atoms with van der Waals surface area (Å²) in [6.45, 7) is 5.47. The lowest BCUT2D eigenvalue weighted by atomic mass is 10.2. The summed E-state index contributed by atoms with van der Waals surface area (Å²) < 4.78 is 11.5. The number of quaternary nitrogens is 2. The van der Waals surface area contributed by atoms with E-state index in [9.17, 15) is 0 Å². The van der Waals surface area contributed by atoms with Gasteiger partial charge in [0.1, 0.15) is 26.2 Å². The number of benzene rings is 1. The summed E-state index contributed by atoms with van der Waals surface area (Å²) in [4.78, 5) is 0. The number of rotatable bonds is 9. The Labute approximate surface area is 128 Å². The molecule has 114 valence electrons. The summed E-state index contributed by atoms with van der Waals surface area (Å²) in [5, 5.41) is 13.5. The van der Waals surface area contributed by atoms with Crippen LogP contribution in [0.1, 0.15) is 12.5 Å². The molecule has 0 aliphatic carbocycles. The Kier molecular flexibility index (Phi) is 7.91. The number of hydrogen-bond acceptors (Lipinski definition) is 3. The third-order valence-corrected chi connectivity index (χ3v) is 3.55. The molecular formula is C14H25BrN2O3+2. The van der Waals surface area contributed by atoms with E-state index in [0.29, 0.717) is 0 Å². The molecule has 6 heteroatoms. The fraction of sp³-hybridized carbons (Fsp3) is 0.571. The van der Waals surface area contributed by atoms with Gasteiger partial charge in [0, 0.05) is 5.56 Å². The van der Waals surface area contributed by atoms with Gasteiger partial charge in [-0.3, -0.25) is 0 Å². The zero-order valence-corrected chi connectivity index (χ0v) is 13.9. The third kappa shape index (κ3) is 5.66. The van der Waals surface area contributed by atoms with Gasteiger partial charge in [-0.25, -0.2) is 0 Å². The zero-order chi connectivity index (χ0) is 15.0. The minimum Gasteiger partial charge on any atom is -0.493 e. The van der Waals surface area contributed by atoms with Crippen molar-refractivity contribution in [2.75, 3.05) is 33.9 Å². The molecule has 20 heavy (non-hydrogen) atoms. The fourth-order valence-electron chi connectivity index (χ4n) is 1.95. The van der Waals surface area contributed by atoms with Crippen LogP contribution in [0.5, 0.6) is 11.5 Å².